The maximum Gasteiger partial charge on any atom is 0.268 e. The summed E-state index contributed by atoms with van der Waals surface area (Å²) >= 11 is 13.2. The van der Waals surface area contributed by atoms with Crippen LogP contribution in [0.3, 0.4) is 0 Å². The Morgan fingerprint density at radius 3 is 1.93 bits per heavy atom. The molecule has 0 bridgehead atoms. The summed E-state index contributed by atoms with van der Waals surface area (Å²) in [6, 6.07) is 35.6. The highest BCUT2D eigenvalue weighted by Crippen LogP contribution is 2.44. The quantitative estimate of drug-likeness (QED) is 0.157. The molecule has 0 aromatic heterocycles. The van der Waals surface area contributed by atoms with E-state index in [1.165, 1.54) is 17.5 Å². The maximum atomic E-state index is 14.9. The molecule has 0 spiro atoms. The summed E-state index contributed by atoms with van der Waals surface area (Å²) in [6.07, 6.45) is 0. The largest absolute Gasteiger partial charge is 0.495 e. The van der Waals surface area contributed by atoms with E-state index in [-0.39, 0.29) is 33.8 Å². The molecule has 42 heavy (non-hydrogen) atoms. The molecule has 0 heterocycles. The van der Waals surface area contributed by atoms with E-state index in [1.807, 2.05) is 103 Å². The molecule has 0 saturated heterocycles. The van der Waals surface area contributed by atoms with Gasteiger partial charge in [-0.05, 0) is 52.9 Å². The standard InChI is InChI=1S/C34H29Cl2NO4S/c1-24-29(35)21-30(36)33(41-23-26-14-8-4-9-15-26)34(24)42(38,39)37(22-25-12-6-3-7-13-25)31-20-28(18-19-32(31)40-2)27-16-10-5-11-17-27/h3-21H,22-23H2,1-2H3. The lowest BCUT2D eigenvalue weighted by molar-refractivity contribution is 0.297. The molecule has 5 rings (SSSR count). The highest BCUT2D eigenvalue weighted by molar-refractivity contribution is 7.93. The number of methoxy groups -OCH3 is 1. The Balaban J connectivity index is 1.70. The first-order valence-electron chi connectivity index (χ1n) is 13.2. The molecule has 0 N–H and O–H groups in total. The number of benzene rings is 5. The van der Waals surface area contributed by atoms with E-state index < -0.39 is 10.0 Å². The molecule has 0 amide bonds. The summed E-state index contributed by atoms with van der Waals surface area (Å²) in [4.78, 5) is -0.0981. The molecular formula is C34H29Cl2NO4S. The second kappa shape index (κ2) is 12.9. The monoisotopic (exact) mass is 617 g/mol. The number of anilines is 1. The minimum Gasteiger partial charge on any atom is -0.495 e. The molecule has 0 radical (unpaired) electrons. The number of halogens is 2. The van der Waals surface area contributed by atoms with E-state index in [4.69, 9.17) is 32.7 Å². The van der Waals surface area contributed by atoms with Gasteiger partial charge >= 0.3 is 0 Å². The van der Waals surface area contributed by atoms with Gasteiger partial charge in [0.25, 0.3) is 10.0 Å². The van der Waals surface area contributed by atoms with Crippen LogP contribution in [0, 0.1) is 6.92 Å². The molecule has 0 aliphatic carbocycles. The Kier molecular flexibility index (Phi) is 9.07. The van der Waals surface area contributed by atoms with Crippen molar-refractivity contribution < 1.29 is 17.9 Å². The van der Waals surface area contributed by atoms with E-state index in [0.29, 0.717) is 17.0 Å². The maximum absolute atomic E-state index is 14.9. The van der Waals surface area contributed by atoms with Crippen molar-refractivity contribution in [2.45, 2.75) is 25.0 Å². The number of nitrogens with zero attached hydrogens (tertiary/aromatic N) is 1. The molecule has 0 atom stereocenters. The molecule has 0 aliphatic rings. The third kappa shape index (κ3) is 6.26. The molecule has 0 saturated carbocycles. The summed E-state index contributed by atoms with van der Waals surface area (Å²) in [7, 11) is -2.82. The minimum atomic E-state index is -4.34. The predicted octanol–water partition coefficient (Wildman–Crippen LogP) is 8.95. The summed E-state index contributed by atoms with van der Waals surface area (Å²) in [5.41, 5.74) is 4.12. The fourth-order valence-electron chi connectivity index (χ4n) is 4.70. The molecular weight excluding hydrogens is 589 g/mol. The van der Waals surface area contributed by atoms with Gasteiger partial charge in [-0.1, -0.05) is 120 Å². The van der Waals surface area contributed by atoms with Gasteiger partial charge in [-0.25, -0.2) is 8.42 Å². The molecule has 5 aromatic carbocycles. The molecule has 214 valence electrons. The predicted molar refractivity (Wildman–Crippen MR) is 170 cm³/mol. The van der Waals surface area contributed by atoms with Crippen LogP contribution in [0.4, 0.5) is 5.69 Å². The lowest BCUT2D eigenvalue weighted by atomic mass is 10.0. The second-order valence-electron chi connectivity index (χ2n) is 9.65. The average molecular weight is 619 g/mol. The lowest BCUT2D eigenvalue weighted by Crippen LogP contribution is -2.32. The van der Waals surface area contributed by atoms with Crippen LogP contribution >= 0.6 is 23.2 Å². The van der Waals surface area contributed by atoms with Gasteiger partial charge in [0, 0.05) is 5.02 Å². The van der Waals surface area contributed by atoms with Crippen molar-refractivity contribution in [2.24, 2.45) is 0 Å². The van der Waals surface area contributed by atoms with Crippen LogP contribution in [0.5, 0.6) is 11.5 Å². The van der Waals surface area contributed by atoms with Gasteiger partial charge in [0.2, 0.25) is 0 Å². The molecule has 0 unspecified atom stereocenters. The van der Waals surface area contributed by atoms with Crippen LogP contribution in [0.2, 0.25) is 10.0 Å². The van der Waals surface area contributed by atoms with Crippen molar-refractivity contribution >= 4 is 38.9 Å². The summed E-state index contributed by atoms with van der Waals surface area (Å²) in [5, 5.41) is 0.320. The van der Waals surface area contributed by atoms with Crippen LogP contribution in [-0.4, -0.2) is 15.5 Å². The second-order valence-corrected chi connectivity index (χ2v) is 12.3. The molecule has 0 aliphatic heterocycles. The fourth-order valence-corrected chi connectivity index (χ4v) is 7.17. The lowest BCUT2D eigenvalue weighted by Gasteiger charge is -2.29. The molecule has 5 aromatic rings. The minimum absolute atomic E-state index is 0.0273. The van der Waals surface area contributed by atoms with Crippen molar-refractivity contribution in [3.05, 3.63) is 142 Å². The number of hydrogen-bond donors (Lipinski definition) is 0. The molecule has 8 heteroatoms. The Hall–Kier alpha value is -3.97. The first-order chi connectivity index (χ1) is 20.3. The summed E-state index contributed by atoms with van der Waals surface area (Å²) in [6.45, 7) is 1.80. The highest BCUT2D eigenvalue weighted by Gasteiger charge is 2.34. The topological polar surface area (TPSA) is 55.8 Å². The number of sulfonamides is 1. The number of rotatable bonds is 10. The van der Waals surface area contributed by atoms with Crippen molar-refractivity contribution in [1.29, 1.82) is 0 Å². The van der Waals surface area contributed by atoms with E-state index in [0.717, 1.165) is 22.3 Å². The third-order valence-corrected chi connectivity index (χ3v) is 9.46. The van der Waals surface area contributed by atoms with Gasteiger partial charge in [-0.3, -0.25) is 4.31 Å². The SMILES string of the molecule is COc1ccc(-c2ccccc2)cc1N(Cc1ccccc1)S(=O)(=O)c1c(C)c(Cl)cc(Cl)c1OCc1ccccc1. The Morgan fingerprint density at radius 1 is 0.714 bits per heavy atom. The highest BCUT2D eigenvalue weighted by atomic mass is 35.5. The summed E-state index contributed by atoms with van der Waals surface area (Å²) in [5.74, 6) is 0.436. The van der Waals surface area contributed by atoms with Crippen molar-refractivity contribution in [2.75, 3.05) is 11.4 Å². The van der Waals surface area contributed by atoms with Gasteiger partial charge in [0.05, 0.1) is 24.4 Å². The smallest absolute Gasteiger partial charge is 0.268 e. The molecule has 0 fully saturated rings. The van der Waals surface area contributed by atoms with E-state index in [9.17, 15) is 8.42 Å². The van der Waals surface area contributed by atoms with E-state index in [1.54, 1.807) is 13.0 Å². The van der Waals surface area contributed by atoms with Crippen LogP contribution < -0.4 is 13.8 Å². The van der Waals surface area contributed by atoms with Gasteiger partial charge in [-0.2, -0.15) is 0 Å². The van der Waals surface area contributed by atoms with Crippen LogP contribution in [0.25, 0.3) is 11.1 Å². The van der Waals surface area contributed by atoms with Gasteiger partial charge in [0.15, 0.2) is 5.75 Å². The fraction of sp³-hybridized carbons (Fsp3) is 0.118. The zero-order valence-electron chi connectivity index (χ0n) is 23.1. The van der Waals surface area contributed by atoms with Crippen molar-refractivity contribution in [3.8, 4) is 22.6 Å². The number of ether oxygens (including phenoxy) is 2. The third-order valence-electron chi connectivity index (χ3n) is 6.87. The first kappa shape index (κ1) is 29.5. The van der Waals surface area contributed by atoms with Crippen LogP contribution in [-0.2, 0) is 23.2 Å². The Bertz CT molecular complexity index is 1780. The van der Waals surface area contributed by atoms with Crippen molar-refractivity contribution in [3.63, 3.8) is 0 Å². The zero-order valence-corrected chi connectivity index (χ0v) is 25.5. The van der Waals surface area contributed by atoms with Crippen LogP contribution in [0.1, 0.15) is 16.7 Å². The van der Waals surface area contributed by atoms with E-state index in [2.05, 4.69) is 0 Å². The van der Waals surface area contributed by atoms with Crippen molar-refractivity contribution in [1.82, 2.24) is 0 Å². The van der Waals surface area contributed by atoms with E-state index >= 15 is 0 Å². The first-order valence-corrected chi connectivity index (χ1v) is 15.4. The normalized spacial score (nSPS) is 11.2. The van der Waals surface area contributed by atoms with Gasteiger partial charge in [-0.15, -0.1) is 0 Å². The van der Waals surface area contributed by atoms with Gasteiger partial charge in [0.1, 0.15) is 17.3 Å². The Morgan fingerprint density at radius 2 is 1.31 bits per heavy atom. The average Bonchev–Trinajstić information content (AvgIpc) is 3.02. The van der Waals surface area contributed by atoms with Gasteiger partial charge < -0.3 is 9.47 Å². The Labute approximate surface area is 256 Å². The van der Waals surface area contributed by atoms with Crippen LogP contribution in [0.15, 0.2) is 120 Å². The molecule has 5 nitrogen and oxygen atoms in total. The zero-order chi connectivity index (χ0) is 29.7. The number of hydrogen-bond acceptors (Lipinski definition) is 4. The summed E-state index contributed by atoms with van der Waals surface area (Å²) < 4.78 is 42.9.